The Kier molecular flexibility index (Phi) is 4.88. The highest BCUT2D eigenvalue weighted by molar-refractivity contribution is 5.90. The summed E-state index contributed by atoms with van der Waals surface area (Å²) in [5.74, 6) is -0.890. The molecular weight excluding hydrogens is 406 g/mol. The van der Waals surface area contributed by atoms with Gasteiger partial charge in [-0.25, -0.2) is 24.1 Å². The summed E-state index contributed by atoms with van der Waals surface area (Å²) < 4.78 is 53.3. The number of pyridine rings is 1. The smallest absolute Gasteiger partial charge is 0.394 e. The second-order valence-corrected chi connectivity index (χ2v) is 7.92. The zero-order chi connectivity index (χ0) is 21.7. The van der Waals surface area contributed by atoms with Crippen LogP contribution in [0.4, 0.5) is 28.2 Å². The number of piperidine rings is 1. The van der Waals surface area contributed by atoms with Crippen LogP contribution in [0.2, 0.25) is 0 Å². The van der Waals surface area contributed by atoms with Crippen molar-refractivity contribution in [3.63, 3.8) is 0 Å². The van der Waals surface area contributed by atoms with Gasteiger partial charge in [-0.3, -0.25) is 5.32 Å². The lowest BCUT2D eigenvalue weighted by molar-refractivity contribution is -0.137. The number of nitrogens with zero attached hydrogens (tertiary/aromatic N) is 4. The van der Waals surface area contributed by atoms with Gasteiger partial charge in [0.15, 0.2) is 11.6 Å². The second kappa shape index (κ2) is 7.15. The fourth-order valence-corrected chi connectivity index (χ4v) is 4.61. The monoisotopic (exact) mass is 425 g/mol. The van der Waals surface area contributed by atoms with Crippen molar-refractivity contribution in [2.75, 3.05) is 11.9 Å². The molecule has 1 aliphatic carbocycles. The molecule has 2 saturated heterocycles. The third-order valence-electron chi connectivity index (χ3n) is 5.71. The first-order chi connectivity index (χ1) is 14.1. The van der Waals surface area contributed by atoms with E-state index in [-0.39, 0.29) is 24.3 Å². The first kappa shape index (κ1) is 20.5. The van der Waals surface area contributed by atoms with Crippen molar-refractivity contribution in [1.29, 1.82) is 0 Å². The average Bonchev–Trinajstić information content (AvgIpc) is 2.66. The van der Waals surface area contributed by atoms with E-state index in [2.05, 4.69) is 27.2 Å². The minimum Gasteiger partial charge on any atom is -0.394 e. The lowest BCUT2D eigenvalue weighted by Crippen LogP contribution is -2.73. The number of aliphatic hydroxyl groups excluding tert-OH is 1. The molecule has 30 heavy (non-hydrogen) atoms. The highest BCUT2D eigenvalue weighted by atomic mass is 19.4. The van der Waals surface area contributed by atoms with Gasteiger partial charge in [-0.2, -0.15) is 13.2 Å². The molecule has 2 aromatic heterocycles. The third kappa shape index (κ3) is 3.47. The Morgan fingerprint density at radius 3 is 2.60 bits per heavy atom. The molecule has 2 amide bonds. The third-order valence-corrected chi connectivity index (χ3v) is 5.71. The average molecular weight is 425 g/mol. The van der Waals surface area contributed by atoms with Crippen molar-refractivity contribution in [3.05, 3.63) is 36.0 Å². The number of aliphatic hydroxyl groups is 1. The van der Waals surface area contributed by atoms with Crippen LogP contribution in [0.5, 0.6) is 0 Å². The van der Waals surface area contributed by atoms with E-state index in [4.69, 9.17) is 0 Å². The van der Waals surface area contributed by atoms with Crippen molar-refractivity contribution in [3.8, 4) is 11.4 Å². The molecule has 0 aromatic carbocycles. The molecule has 2 bridgehead atoms. The van der Waals surface area contributed by atoms with Crippen molar-refractivity contribution < 1.29 is 27.5 Å². The van der Waals surface area contributed by atoms with Crippen molar-refractivity contribution in [2.24, 2.45) is 5.92 Å². The summed E-state index contributed by atoms with van der Waals surface area (Å²) >= 11 is 0. The van der Waals surface area contributed by atoms with E-state index < -0.39 is 34.7 Å². The number of aromatic nitrogens is 3. The maximum absolute atomic E-state index is 13.4. The molecule has 2 N–H and O–H groups in total. The summed E-state index contributed by atoms with van der Waals surface area (Å²) in [7, 11) is 0. The lowest BCUT2D eigenvalue weighted by Gasteiger charge is -2.62. The van der Waals surface area contributed by atoms with Gasteiger partial charge in [0.05, 0.1) is 30.1 Å². The number of carbonyl (C=O) groups excluding carboxylic acids is 1. The molecule has 11 heteroatoms. The first-order valence-corrected chi connectivity index (χ1v) is 9.39. The number of hydrogen-bond acceptors (Lipinski definition) is 5. The van der Waals surface area contributed by atoms with E-state index in [0.717, 1.165) is 24.9 Å². The van der Waals surface area contributed by atoms with Crippen LogP contribution in [-0.2, 0) is 6.18 Å². The van der Waals surface area contributed by atoms with Crippen LogP contribution in [0.15, 0.2) is 24.7 Å². The van der Waals surface area contributed by atoms with Gasteiger partial charge >= 0.3 is 12.2 Å². The van der Waals surface area contributed by atoms with E-state index in [1.807, 2.05) is 0 Å². The molecule has 3 aliphatic rings. The van der Waals surface area contributed by atoms with Crippen molar-refractivity contribution in [1.82, 2.24) is 19.9 Å². The molecule has 7 nitrogen and oxygen atoms in total. The normalized spacial score (nSPS) is 25.6. The van der Waals surface area contributed by atoms with E-state index in [1.165, 1.54) is 0 Å². The van der Waals surface area contributed by atoms with E-state index in [1.54, 1.807) is 4.90 Å². The number of hydrogen-bond donors (Lipinski definition) is 2. The van der Waals surface area contributed by atoms with Crippen molar-refractivity contribution in [2.45, 2.75) is 43.9 Å². The summed E-state index contributed by atoms with van der Waals surface area (Å²) in [4.78, 5) is 25.3. The number of amides is 2. The van der Waals surface area contributed by atoms with Crippen LogP contribution in [0, 0.1) is 11.7 Å². The van der Waals surface area contributed by atoms with Crippen LogP contribution in [0.3, 0.4) is 0 Å². The molecule has 1 unspecified atom stereocenters. The largest absolute Gasteiger partial charge is 0.418 e. The Morgan fingerprint density at radius 2 is 1.97 bits per heavy atom. The molecule has 4 heterocycles. The molecule has 2 aromatic rings. The topological polar surface area (TPSA) is 91.2 Å². The van der Waals surface area contributed by atoms with Crippen LogP contribution in [-0.4, -0.2) is 49.2 Å². The van der Waals surface area contributed by atoms with Gasteiger partial charge in [0.2, 0.25) is 0 Å². The Balaban J connectivity index is 1.63. The summed E-state index contributed by atoms with van der Waals surface area (Å²) in [6.07, 6.45) is -0.501. The number of halogens is 4. The molecule has 3 fully saturated rings. The predicted molar refractivity (Wildman–Crippen MR) is 97.7 cm³/mol. The van der Waals surface area contributed by atoms with Gasteiger partial charge < -0.3 is 10.0 Å². The number of urea groups is 1. The zero-order valence-corrected chi connectivity index (χ0v) is 15.9. The molecule has 5 rings (SSSR count). The summed E-state index contributed by atoms with van der Waals surface area (Å²) in [6, 6.07) is 0.443. The first-order valence-electron chi connectivity index (χ1n) is 9.39. The highest BCUT2D eigenvalue weighted by Crippen LogP contribution is 2.49. The molecule has 160 valence electrons. The van der Waals surface area contributed by atoms with Crippen LogP contribution in [0.1, 0.15) is 31.7 Å². The maximum atomic E-state index is 13.4. The zero-order valence-electron chi connectivity index (χ0n) is 15.9. The van der Waals surface area contributed by atoms with Gasteiger partial charge in [-0.1, -0.05) is 6.92 Å². The Hall–Kier alpha value is -2.82. The number of anilines is 1. The minimum atomic E-state index is -4.74. The number of fused-ring (bicyclic) bond motifs is 2. The fourth-order valence-electron chi connectivity index (χ4n) is 4.61. The summed E-state index contributed by atoms with van der Waals surface area (Å²) in [6.45, 7) is 1.87. The molecule has 3 atom stereocenters. The number of nitrogens with one attached hydrogen (secondary N) is 1. The maximum Gasteiger partial charge on any atom is 0.418 e. The van der Waals surface area contributed by atoms with E-state index in [9.17, 15) is 27.5 Å². The fraction of sp³-hybridized carbons (Fsp3) is 0.474. The molecular formula is C19H19F4N5O2. The second-order valence-electron chi connectivity index (χ2n) is 7.92. The Labute approximate surface area is 169 Å². The standard InChI is InChI=1S/C19H19F4N5O2/c1-10-2-12-5-18(4-10,9-29)28(12)17(30)27-15-3-13(14(8-24-15)19(21,22)23)16-25-6-11(20)7-26-16/h3,6-8,10,12,29H,2,4-5,9H2,1H3,(H,24,27,30)/t10-,12-,18?/m1/s1. The van der Waals surface area contributed by atoms with Gasteiger partial charge in [0.1, 0.15) is 5.82 Å². The summed E-state index contributed by atoms with van der Waals surface area (Å²) in [5.41, 5.74) is -2.18. The summed E-state index contributed by atoms with van der Waals surface area (Å²) in [5, 5.41) is 12.3. The van der Waals surface area contributed by atoms with E-state index >= 15 is 0 Å². The molecule has 0 radical (unpaired) electrons. The molecule has 0 spiro atoms. The van der Waals surface area contributed by atoms with Crippen LogP contribution < -0.4 is 5.32 Å². The Bertz CT molecular complexity index is 968. The SMILES string of the molecule is C[C@@H]1C[C@@H]2CC(CO)(C1)N2C(=O)Nc1cc(-c2ncc(F)cn2)c(C(F)(F)F)cn1. The number of rotatable bonds is 3. The van der Waals surface area contributed by atoms with Gasteiger partial charge in [0.25, 0.3) is 0 Å². The minimum absolute atomic E-state index is 0.0322. The molecule has 1 saturated carbocycles. The number of carbonyl (C=O) groups is 1. The Morgan fingerprint density at radius 1 is 1.27 bits per heavy atom. The predicted octanol–water partition coefficient (Wildman–Crippen LogP) is 3.46. The van der Waals surface area contributed by atoms with Crippen molar-refractivity contribution >= 4 is 11.8 Å². The molecule has 2 aliphatic heterocycles. The van der Waals surface area contributed by atoms with Crippen LogP contribution in [0.25, 0.3) is 11.4 Å². The van der Waals surface area contributed by atoms with Crippen LogP contribution >= 0.6 is 0 Å². The number of alkyl halides is 3. The lowest BCUT2D eigenvalue weighted by atomic mass is 9.65. The quantitative estimate of drug-likeness (QED) is 0.735. The highest BCUT2D eigenvalue weighted by Gasteiger charge is 2.57. The van der Waals surface area contributed by atoms with Gasteiger partial charge in [-0.15, -0.1) is 0 Å². The van der Waals surface area contributed by atoms with E-state index in [0.29, 0.717) is 25.0 Å². The van der Waals surface area contributed by atoms with Gasteiger partial charge in [-0.05, 0) is 31.2 Å². The van der Waals surface area contributed by atoms with Gasteiger partial charge in [0, 0.05) is 17.8 Å².